The number of hydrogen-bond acceptors (Lipinski definition) is 8. The van der Waals surface area contributed by atoms with Gasteiger partial charge < -0.3 is 19.4 Å². The molecule has 1 atom stereocenters. The Morgan fingerprint density at radius 1 is 1.20 bits per heavy atom. The number of oxazole rings is 1. The highest BCUT2D eigenvalue weighted by Gasteiger charge is 2.17. The number of benzene rings is 1. The third-order valence-electron chi connectivity index (χ3n) is 4.20. The van der Waals surface area contributed by atoms with Crippen molar-refractivity contribution in [1.82, 2.24) is 25.4 Å². The van der Waals surface area contributed by atoms with E-state index in [1.807, 2.05) is 0 Å². The lowest BCUT2D eigenvalue weighted by Crippen LogP contribution is -2.28. The molecule has 3 heterocycles. The molecular formula is C20H16FN5O4. The smallest absolute Gasteiger partial charge is 0.252 e. The Labute approximate surface area is 169 Å². The minimum Gasteiger partial charge on any atom is -0.444 e. The molecule has 152 valence electrons. The van der Waals surface area contributed by atoms with E-state index in [4.69, 9.17) is 8.94 Å². The molecule has 0 radical (unpaired) electrons. The Kier molecular flexibility index (Phi) is 5.31. The van der Waals surface area contributed by atoms with Gasteiger partial charge in [0, 0.05) is 37.0 Å². The van der Waals surface area contributed by atoms with Gasteiger partial charge in [0.1, 0.15) is 23.9 Å². The lowest BCUT2D eigenvalue weighted by Gasteiger charge is -2.09. The number of carbonyl (C=O) groups is 1. The van der Waals surface area contributed by atoms with Gasteiger partial charge in [-0.05, 0) is 30.3 Å². The van der Waals surface area contributed by atoms with Gasteiger partial charge >= 0.3 is 0 Å². The van der Waals surface area contributed by atoms with Gasteiger partial charge in [0.25, 0.3) is 5.91 Å². The van der Waals surface area contributed by atoms with Gasteiger partial charge in [0.05, 0.1) is 5.56 Å². The van der Waals surface area contributed by atoms with E-state index in [9.17, 15) is 14.3 Å². The number of nitrogens with zero attached hydrogens (tertiary/aromatic N) is 4. The van der Waals surface area contributed by atoms with E-state index in [1.54, 1.807) is 13.0 Å². The SMILES string of the molecule is Cc1nc(-c2cncc(C(=O)NCC(O)c3coc(-c4ccc(F)cc4)n3)c2)no1. The van der Waals surface area contributed by atoms with Gasteiger partial charge in [-0.3, -0.25) is 9.78 Å². The van der Waals surface area contributed by atoms with Crippen LogP contribution in [0.3, 0.4) is 0 Å². The number of halogens is 1. The molecule has 0 spiro atoms. The molecule has 4 rings (SSSR count). The van der Waals surface area contributed by atoms with Gasteiger partial charge in [-0.25, -0.2) is 9.37 Å². The highest BCUT2D eigenvalue weighted by atomic mass is 19.1. The number of rotatable bonds is 6. The summed E-state index contributed by atoms with van der Waals surface area (Å²) in [6.45, 7) is 1.56. The maximum atomic E-state index is 13.0. The number of aromatic nitrogens is 4. The third kappa shape index (κ3) is 4.23. The minimum atomic E-state index is -1.09. The summed E-state index contributed by atoms with van der Waals surface area (Å²) in [6, 6.07) is 7.18. The average Bonchev–Trinajstić information content (AvgIpc) is 3.42. The van der Waals surface area contributed by atoms with E-state index >= 15 is 0 Å². The first-order valence-corrected chi connectivity index (χ1v) is 8.93. The summed E-state index contributed by atoms with van der Waals surface area (Å²) in [5.41, 5.74) is 1.61. The van der Waals surface area contributed by atoms with Crippen LogP contribution in [-0.2, 0) is 0 Å². The van der Waals surface area contributed by atoms with Crippen molar-refractivity contribution in [3.05, 3.63) is 72.0 Å². The summed E-state index contributed by atoms with van der Waals surface area (Å²) in [7, 11) is 0. The topological polar surface area (TPSA) is 127 Å². The first-order valence-electron chi connectivity index (χ1n) is 8.93. The van der Waals surface area contributed by atoms with Crippen LogP contribution < -0.4 is 5.32 Å². The standard InChI is InChI=1S/C20H16FN5O4/c1-11-24-18(26-30-11)13-6-14(8-22-7-13)19(28)23-9-17(27)16-10-29-20(25-16)12-2-4-15(21)5-3-12/h2-8,10,17,27H,9H2,1H3,(H,23,28). The van der Waals surface area contributed by atoms with Gasteiger partial charge in [-0.1, -0.05) is 5.16 Å². The second-order valence-electron chi connectivity index (χ2n) is 6.41. The average molecular weight is 409 g/mol. The zero-order valence-electron chi connectivity index (χ0n) is 15.7. The lowest BCUT2D eigenvalue weighted by molar-refractivity contribution is 0.0913. The van der Waals surface area contributed by atoms with E-state index in [0.717, 1.165) is 0 Å². The van der Waals surface area contributed by atoms with E-state index in [-0.39, 0.29) is 29.5 Å². The summed E-state index contributed by atoms with van der Waals surface area (Å²) < 4.78 is 23.3. The van der Waals surface area contributed by atoms with Gasteiger partial charge in [-0.15, -0.1) is 0 Å². The molecule has 0 saturated carbocycles. The molecule has 0 saturated heterocycles. The molecule has 0 aliphatic heterocycles. The highest BCUT2D eigenvalue weighted by molar-refractivity contribution is 5.94. The monoisotopic (exact) mass is 409 g/mol. The molecule has 4 aromatic rings. The van der Waals surface area contributed by atoms with Crippen molar-refractivity contribution < 1.29 is 23.2 Å². The number of nitrogens with one attached hydrogen (secondary N) is 1. The third-order valence-corrected chi connectivity index (χ3v) is 4.20. The molecule has 0 aliphatic carbocycles. The van der Waals surface area contributed by atoms with Crippen LogP contribution in [0.15, 0.2) is 57.9 Å². The molecule has 0 bridgehead atoms. The molecule has 1 unspecified atom stereocenters. The van der Waals surface area contributed by atoms with Crippen molar-refractivity contribution in [1.29, 1.82) is 0 Å². The molecule has 2 N–H and O–H groups in total. The molecule has 9 nitrogen and oxygen atoms in total. The Morgan fingerprint density at radius 2 is 2.00 bits per heavy atom. The van der Waals surface area contributed by atoms with Crippen LogP contribution in [-0.4, -0.2) is 37.7 Å². The zero-order valence-corrected chi connectivity index (χ0v) is 15.7. The van der Waals surface area contributed by atoms with Crippen LogP contribution >= 0.6 is 0 Å². The fourth-order valence-corrected chi connectivity index (χ4v) is 2.66. The quantitative estimate of drug-likeness (QED) is 0.498. The predicted molar refractivity (Wildman–Crippen MR) is 101 cm³/mol. The fourth-order valence-electron chi connectivity index (χ4n) is 2.66. The van der Waals surface area contributed by atoms with Crippen molar-refractivity contribution in [2.75, 3.05) is 6.54 Å². The first kappa shape index (κ1) is 19.4. The second-order valence-corrected chi connectivity index (χ2v) is 6.41. The van der Waals surface area contributed by atoms with Crippen molar-refractivity contribution in [2.45, 2.75) is 13.0 Å². The van der Waals surface area contributed by atoms with Crippen LogP contribution in [0, 0.1) is 12.7 Å². The molecule has 3 aromatic heterocycles. The van der Waals surface area contributed by atoms with E-state index < -0.39 is 12.0 Å². The maximum Gasteiger partial charge on any atom is 0.252 e. The second kappa shape index (κ2) is 8.21. The molecule has 30 heavy (non-hydrogen) atoms. The Hall–Kier alpha value is -3.92. The lowest BCUT2D eigenvalue weighted by atomic mass is 10.2. The summed E-state index contributed by atoms with van der Waals surface area (Å²) in [4.78, 5) is 24.7. The number of pyridine rings is 1. The summed E-state index contributed by atoms with van der Waals surface area (Å²) >= 11 is 0. The van der Waals surface area contributed by atoms with Crippen molar-refractivity contribution in [3.8, 4) is 22.8 Å². The summed E-state index contributed by atoms with van der Waals surface area (Å²) in [5.74, 6) is 0.149. The van der Waals surface area contributed by atoms with Crippen LogP contribution in [0.1, 0.15) is 28.0 Å². The fraction of sp³-hybridized carbons (Fsp3) is 0.150. The molecule has 1 aromatic carbocycles. The summed E-state index contributed by atoms with van der Waals surface area (Å²) in [6.07, 6.45) is 3.10. The van der Waals surface area contributed by atoms with E-state index in [1.165, 1.54) is 42.9 Å². The van der Waals surface area contributed by atoms with Crippen molar-refractivity contribution >= 4 is 5.91 Å². The van der Waals surface area contributed by atoms with Gasteiger partial charge in [0.15, 0.2) is 0 Å². The maximum absolute atomic E-state index is 13.0. The largest absolute Gasteiger partial charge is 0.444 e. The summed E-state index contributed by atoms with van der Waals surface area (Å²) in [5, 5.41) is 16.7. The van der Waals surface area contributed by atoms with Crippen LogP contribution in [0.25, 0.3) is 22.8 Å². The van der Waals surface area contributed by atoms with Crippen LogP contribution in [0.2, 0.25) is 0 Å². The molecule has 0 fully saturated rings. The Bertz CT molecular complexity index is 1170. The number of amides is 1. The molecular weight excluding hydrogens is 393 g/mol. The van der Waals surface area contributed by atoms with E-state index in [2.05, 4.69) is 25.4 Å². The molecule has 1 amide bonds. The van der Waals surface area contributed by atoms with Crippen LogP contribution in [0.5, 0.6) is 0 Å². The van der Waals surface area contributed by atoms with Gasteiger partial charge in [-0.2, -0.15) is 4.98 Å². The molecule has 10 heteroatoms. The Balaban J connectivity index is 1.40. The van der Waals surface area contributed by atoms with Crippen LogP contribution in [0.4, 0.5) is 4.39 Å². The van der Waals surface area contributed by atoms with Crippen molar-refractivity contribution in [3.63, 3.8) is 0 Å². The number of aliphatic hydroxyl groups is 1. The number of hydrogen-bond donors (Lipinski definition) is 2. The minimum absolute atomic E-state index is 0.0974. The zero-order chi connectivity index (χ0) is 21.1. The highest BCUT2D eigenvalue weighted by Crippen LogP contribution is 2.22. The number of carbonyl (C=O) groups excluding carboxylic acids is 1. The van der Waals surface area contributed by atoms with Gasteiger partial charge in [0.2, 0.25) is 17.6 Å². The van der Waals surface area contributed by atoms with Crippen molar-refractivity contribution in [2.24, 2.45) is 0 Å². The first-order chi connectivity index (χ1) is 14.5. The Morgan fingerprint density at radius 3 is 2.73 bits per heavy atom. The normalized spacial score (nSPS) is 12.0. The molecule has 0 aliphatic rings. The van der Waals surface area contributed by atoms with E-state index in [0.29, 0.717) is 22.8 Å². The number of aryl methyl sites for hydroxylation is 1. The number of aliphatic hydroxyl groups excluding tert-OH is 1. The predicted octanol–water partition coefficient (Wildman–Crippen LogP) is 2.70.